The Hall–Kier alpha value is -3.62. The summed E-state index contributed by atoms with van der Waals surface area (Å²) in [6.45, 7) is 3.44. The summed E-state index contributed by atoms with van der Waals surface area (Å²) in [7, 11) is 0. The van der Waals surface area contributed by atoms with Gasteiger partial charge in [-0.25, -0.2) is 18.7 Å². The lowest BCUT2D eigenvalue weighted by Gasteiger charge is -2.31. The van der Waals surface area contributed by atoms with E-state index in [-0.39, 0.29) is 30.4 Å². The van der Waals surface area contributed by atoms with E-state index in [0.717, 1.165) is 10.2 Å². The maximum Gasteiger partial charge on any atom is 0.573 e. The third-order valence-electron chi connectivity index (χ3n) is 6.97. The first-order valence-electron chi connectivity index (χ1n) is 12.7. The third kappa shape index (κ3) is 6.19. The fraction of sp³-hybridized carbons (Fsp3) is 0.370. The molecule has 0 saturated heterocycles. The van der Waals surface area contributed by atoms with Crippen molar-refractivity contribution in [2.24, 2.45) is 5.92 Å². The minimum Gasteiger partial charge on any atom is -0.406 e. The van der Waals surface area contributed by atoms with Crippen molar-refractivity contribution in [3.05, 3.63) is 59.8 Å². The summed E-state index contributed by atoms with van der Waals surface area (Å²) in [6.07, 6.45) is -9.62. The lowest BCUT2D eigenvalue weighted by molar-refractivity contribution is -0.274. The first-order valence-corrected chi connectivity index (χ1v) is 13.5. The van der Waals surface area contributed by atoms with Crippen LogP contribution in [0.4, 0.5) is 33.7 Å². The van der Waals surface area contributed by atoms with E-state index in [0.29, 0.717) is 21.8 Å². The minimum absolute atomic E-state index is 0.0802. The van der Waals surface area contributed by atoms with Crippen molar-refractivity contribution in [2.45, 2.75) is 57.3 Å². The number of ether oxygens (including phenoxy) is 1. The van der Waals surface area contributed by atoms with Gasteiger partial charge in [0.05, 0.1) is 33.4 Å². The number of aliphatic hydroxyl groups excluding tert-OH is 1. The molecule has 4 unspecified atom stereocenters. The van der Waals surface area contributed by atoms with E-state index in [1.165, 1.54) is 35.6 Å². The van der Waals surface area contributed by atoms with Crippen LogP contribution >= 0.6 is 11.3 Å². The molecule has 0 spiro atoms. The highest BCUT2D eigenvalue weighted by Gasteiger charge is 2.50. The predicted molar refractivity (Wildman–Crippen MR) is 144 cm³/mol. The summed E-state index contributed by atoms with van der Waals surface area (Å²) >= 11 is 1.36. The Morgan fingerprint density at radius 2 is 1.78 bits per heavy atom. The molecule has 1 aliphatic carbocycles. The van der Waals surface area contributed by atoms with Crippen LogP contribution in [0.25, 0.3) is 20.8 Å². The number of alkyl halides is 5. The Kier molecular flexibility index (Phi) is 7.74. The smallest absolute Gasteiger partial charge is 0.406 e. The highest BCUT2D eigenvalue weighted by molar-refractivity contribution is 7.21. The second-order valence-corrected chi connectivity index (χ2v) is 10.9. The first kappa shape index (κ1) is 28.9. The van der Waals surface area contributed by atoms with E-state index in [1.54, 1.807) is 13.8 Å². The number of hydrogen-bond acceptors (Lipinski definition) is 9. The zero-order valence-corrected chi connectivity index (χ0v) is 22.6. The molecular weight excluding hydrogens is 569 g/mol. The quantitative estimate of drug-likeness (QED) is 0.139. The van der Waals surface area contributed by atoms with E-state index >= 15 is 0 Å². The molecule has 2 aromatic heterocycles. The van der Waals surface area contributed by atoms with Crippen LogP contribution in [0.3, 0.4) is 0 Å². The Morgan fingerprint density at radius 1 is 1.07 bits per heavy atom. The van der Waals surface area contributed by atoms with Crippen LogP contribution in [0.2, 0.25) is 0 Å². The average Bonchev–Trinajstić information content (AvgIpc) is 3.43. The van der Waals surface area contributed by atoms with Gasteiger partial charge in [-0.3, -0.25) is 0 Å². The van der Waals surface area contributed by atoms with E-state index in [9.17, 15) is 32.2 Å². The summed E-state index contributed by atoms with van der Waals surface area (Å²) in [4.78, 5) is 13.7. The SMILES string of the molecule is Cc1nc(NC(C)c2ccc(OC(F)(F)F)cc2)nc(NC2(O)CCC(C(F)F)C2O)c1-c1nc2ccccc2s1. The molecule has 0 bridgehead atoms. The number of aryl methyl sites for hydroxylation is 1. The number of aliphatic hydroxyl groups is 2. The highest BCUT2D eigenvalue weighted by atomic mass is 32.1. The van der Waals surface area contributed by atoms with E-state index in [2.05, 4.69) is 30.3 Å². The topological polar surface area (TPSA) is 112 Å². The second kappa shape index (κ2) is 11.0. The van der Waals surface area contributed by atoms with Gasteiger partial charge in [-0.05, 0) is 56.5 Å². The average molecular weight is 596 g/mol. The number of para-hydroxylation sites is 1. The molecule has 41 heavy (non-hydrogen) atoms. The summed E-state index contributed by atoms with van der Waals surface area (Å²) < 4.78 is 69.3. The van der Waals surface area contributed by atoms with Gasteiger partial charge < -0.3 is 25.6 Å². The fourth-order valence-corrected chi connectivity index (χ4v) is 5.91. The molecule has 2 aromatic carbocycles. The maximum absolute atomic E-state index is 13.5. The number of nitrogens with zero attached hydrogens (tertiary/aromatic N) is 3. The van der Waals surface area contributed by atoms with E-state index in [1.807, 2.05) is 24.3 Å². The molecule has 1 aliphatic rings. The number of fused-ring (bicyclic) bond motifs is 1. The summed E-state index contributed by atoms with van der Waals surface area (Å²) in [5.41, 5.74) is 0.134. The van der Waals surface area contributed by atoms with Crippen molar-refractivity contribution in [3.8, 4) is 16.3 Å². The first-order chi connectivity index (χ1) is 19.3. The van der Waals surface area contributed by atoms with Gasteiger partial charge in [-0.15, -0.1) is 24.5 Å². The van der Waals surface area contributed by atoms with Crippen LogP contribution in [0.15, 0.2) is 48.5 Å². The van der Waals surface area contributed by atoms with Crippen molar-refractivity contribution in [3.63, 3.8) is 0 Å². The van der Waals surface area contributed by atoms with Crippen LogP contribution in [0.1, 0.15) is 37.1 Å². The van der Waals surface area contributed by atoms with Crippen LogP contribution in [0, 0.1) is 12.8 Å². The molecule has 4 aromatic rings. The molecule has 2 heterocycles. The normalized spacial score (nSPS) is 21.8. The number of benzene rings is 2. The molecule has 1 fully saturated rings. The monoisotopic (exact) mass is 595 g/mol. The number of thiazole rings is 1. The lowest BCUT2D eigenvalue weighted by atomic mass is 10.0. The zero-order chi connectivity index (χ0) is 29.5. The number of nitrogens with one attached hydrogen (secondary N) is 2. The third-order valence-corrected chi connectivity index (χ3v) is 8.02. The van der Waals surface area contributed by atoms with Gasteiger partial charge in [-0.1, -0.05) is 24.3 Å². The van der Waals surface area contributed by atoms with Gasteiger partial charge in [0, 0.05) is 0 Å². The molecular formula is C27H26F5N5O3S. The predicted octanol–water partition coefficient (Wildman–Crippen LogP) is 6.27. The van der Waals surface area contributed by atoms with Gasteiger partial charge in [0.15, 0.2) is 5.72 Å². The van der Waals surface area contributed by atoms with Crippen LogP contribution < -0.4 is 15.4 Å². The number of anilines is 2. The molecule has 5 rings (SSSR count). The highest BCUT2D eigenvalue weighted by Crippen LogP contribution is 2.42. The Morgan fingerprint density at radius 3 is 2.41 bits per heavy atom. The second-order valence-electron chi connectivity index (χ2n) is 9.86. The number of halogens is 5. The molecule has 4 N–H and O–H groups in total. The number of aromatic nitrogens is 3. The molecule has 14 heteroatoms. The van der Waals surface area contributed by atoms with E-state index in [4.69, 9.17) is 0 Å². The summed E-state index contributed by atoms with van der Waals surface area (Å²) in [6, 6.07) is 12.3. The fourth-order valence-electron chi connectivity index (χ4n) is 4.85. The van der Waals surface area contributed by atoms with Crippen molar-refractivity contribution in [2.75, 3.05) is 10.6 Å². The molecule has 218 valence electrons. The Balaban J connectivity index is 1.48. The van der Waals surface area contributed by atoms with Gasteiger partial charge in [-0.2, -0.15) is 4.98 Å². The largest absolute Gasteiger partial charge is 0.573 e. The minimum atomic E-state index is -4.81. The van der Waals surface area contributed by atoms with Gasteiger partial charge in [0.1, 0.15) is 22.7 Å². The Labute approximate surface area is 235 Å². The molecule has 8 nitrogen and oxygen atoms in total. The lowest BCUT2D eigenvalue weighted by Crippen LogP contribution is -2.48. The van der Waals surface area contributed by atoms with E-state index < -0.39 is 36.6 Å². The van der Waals surface area contributed by atoms with Crippen LogP contribution in [-0.4, -0.2) is 49.8 Å². The van der Waals surface area contributed by atoms with Crippen molar-refractivity contribution in [1.29, 1.82) is 0 Å². The molecule has 0 radical (unpaired) electrons. The number of hydrogen-bond donors (Lipinski definition) is 4. The zero-order valence-electron chi connectivity index (χ0n) is 21.8. The van der Waals surface area contributed by atoms with Gasteiger partial charge >= 0.3 is 6.36 Å². The molecule has 4 atom stereocenters. The molecule has 1 saturated carbocycles. The summed E-state index contributed by atoms with van der Waals surface area (Å²) in [5, 5.41) is 28.2. The van der Waals surface area contributed by atoms with Crippen molar-refractivity contribution >= 4 is 33.3 Å². The summed E-state index contributed by atoms with van der Waals surface area (Å²) in [5.74, 6) is -1.60. The van der Waals surface area contributed by atoms with Crippen molar-refractivity contribution < 1.29 is 36.9 Å². The standard InChI is InChI=1S/C27H26F5N5O3S/c1-13(15-7-9-16(10-8-15)40-27(30,31)32)33-25-34-14(2)20(24-35-18-5-3-4-6-19(18)41-24)23(36-25)37-26(39)12-11-17(21(26)38)22(28)29/h3-10,13,17,21-22,38-39H,11-12H2,1-2H3,(H2,33,34,36,37). The molecule has 0 amide bonds. The van der Waals surface area contributed by atoms with Crippen molar-refractivity contribution in [1.82, 2.24) is 15.0 Å². The molecule has 0 aliphatic heterocycles. The van der Waals surface area contributed by atoms with Crippen LogP contribution in [0.5, 0.6) is 5.75 Å². The maximum atomic E-state index is 13.5. The Bertz CT molecular complexity index is 1500. The van der Waals surface area contributed by atoms with Crippen LogP contribution in [-0.2, 0) is 0 Å². The van der Waals surface area contributed by atoms with Gasteiger partial charge in [0.25, 0.3) is 0 Å². The van der Waals surface area contributed by atoms with Gasteiger partial charge in [0.2, 0.25) is 12.4 Å². The number of rotatable bonds is 8.